The van der Waals surface area contributed by atoms with Crippen LogP contribution in [0.15, 0.2) is 0 Å². The van der Waals surface area contributed by atoms with Gasteiger partial charge in [0.25, 0.3) is 0 Å². The third-order valence-electron chi connectivity index (χ3n) is 2.10. The first-order valence-electron chi connectivity index (χ1n) is 6.41. The summed E-state index contributed by atoms with van der Waals surface area (Å²) < 4.78 is 5.19. The summed E-state index contributed by atoms with van der Waals surface area (Å²) in [5.74, 6) is -0.244. The number of ether oxygens (including phenoxy) is 1. The molecule has 18 heavy (non-hydrogen) atoms. The molecule has 0 aromatic carbocycles. The van der Waals surface area contributed by atoms with Crippen molar-refractivity contribution in [2.75, 3.05) is 26.7 Å². The quantitative estimate of drug-likeness (QED) is 0.697. The van der Waals surface area contributed by atoms with Crippen LogP contribution >= 0.6 is 0 Å². The number of nitrogens with zero attached hydrogens (tertiary/aromatic N) is 1. The fourth-order valence-electron chi connectivity index (χ4n) is 1.32. The fourth-order valence-corrected chi connectivity index (χ4v) is 1.32. The van der Waals surface area contributed by atoms with Gasteiger partial charge in [-0.2, -0.15) is 0 Å². The van der Waals surface area contributed by atoms with Crippen LogP contribution in [0.5, 0.6) is 0 Å². The Morgan fingerprint density at radius 1 is 1.28 bits per heavy atom. The van der Waals surface area contributed by atoms with Gasteiger partial charge in [-0.05, 0) is 34.2 Å². The van der Waals surface area contributed by atoms with Crippen molar-refractivity contribution in [2.24, 2.45) is 0 Å². The van der Waals surface area contributed by atoms with Gasteiger partial charge < -0.3 is 10.1 Å². The molecule has 0 fully saturated rings. The lowest BCUT2D eigenvalue weighted by atomic mass is 10.2. The highest BCUT2D eigenvalue weighted by Gasteiger charge is 2.16. The van der Waals surface area contributed by atoms with Crippen molar-refractivity contribution in [3.05, 3.63) is 0 Å². The summed E-state index contributed by atoms with van der Waals surface area (Å²) in [7, 11) is 1.82. The molecule has 0 rings (SSSR count). The highest BCUT2D eigenvalue weighted by Crippen LogP contribution is 2.08. The molecule has 0 aromatic heterocycles. The zero-order valence-corrected chi connectivity index (χ0v) is 12.2. The molecule has 0 aliphatic heterocycles. The zero-order valence-electron chi connectivity index (χ0n) is 12.2. The molecule has 0 aromatic rings. The minimum absolute atomic E-state index is 0.0106. The van der Waals surface area contributed by atoms with Crippen molar-refractivity contribution in [1.82, 2.24) is 10.2 Å². The van der Waals surface area contributed by atoms with Crippen molar-refractivity contribution in [2.45, 2.75) is 46.1 Å². The second-order valence-electron chi connectivity index (χ2n) is 5.42. The Morgan fingerprint density at radius 3 is 2.39 bits per heavy atom. The molecule has 5 nitrogen and oxygen atoms in total. The van der Waals surface area contributed by atoms with Gasteiger partial charge in [-0.3, -0.25) is 14.5 Å². The van der Waals surface area contributed by atoms with Gasteiger partial charge in [0.15, 0.2) is 0 Å². The second-order valence-corrected chi connectivity index (χ2v) is 5.42. The molecular formula is C13H26N2O3. The molecule has 0 saturated carbocycles. The first kappa shape index (κ1) is 16.9. The summed E-state index contributed by atoms with van der Waals surface area (Å²) in [4.78, 5) is 24.7. The molecule has 106 valence electrons. The lowest BCUT2D eigenvalue weighted by molar-refractivity contribution is -0.155. The third kappa shape index (κ3) is 10.1. The molecule has 0 heterocycles. The number of hydrogen-bond acceptors (Lipinski definition) is 4. The van der Waals surface area contributed by atoms with E-state index in [-0.39, 0.29) is 11.9 Å². The topological polar surface area (TPSA) is 58.6 Å². The van der Waals surface area contributed by atoms with E-state index in [1.54, 1.807) is 0 Å². The van der Waals surface area contributed by atoms with Crippen molar-refractivity contribution in [3.63, 3.8) is 0 Å². The highest BCUT2D eigenvalue weighted by atomic mass is 16.6. The smallest absolute Gasteiger partial charge is 0.307 e. The Bertz CT molecular complexity index is 272. The second kappa shape index (κ2) is 8.08. The maximum Gasteiger partial charge on any atom is 0.307 e. The monoisotopic (exact) mass is 258 g/mol. The first-order chi connectivity index (χ1) is 8.24. The zero-order chi connectivity index (χ0) is 14.2. The van der Waals surface area contributed by atoms with Crippen LogP contribution in [-0.2, 0) is 14.3 Å². The van der Waals surface area contributed by atoms with Crippen LogP contribution in [-0.4, -0.2) is 49.1 Å². The predicted molar refractivity (Wildman–Crippen MR) is 71.3 cm³/mol. The summed E-state index contributed by atoms with van der Waals surface area (Å²) in [6.45, 7) is 9.05. The average Bonchev–Trinajstić information content (AvgIpc) is 2.21. The SMILES string of the molecule is CCCNC(=O)CN(C)CCC(=O)OC(C)(C)C. The minimum atomic E-state index is -0.450. The Morgan fingerprint density at radius 2 is 1.89 bits per heavy atom. The van der Waals surface area contributed by atoms with Crippen LogP contribution in [0, 0.1) is 0 Å². The van der Waals surface area contributed by atoms with Gasteiger partial charge in [-0.25, -0.2) is 0 Å². The van der Waals surface area contributed by atoms with Crippen LogP contribution in [0.1, 0.15) is 40.5 Å². The van der Waals surface area contributed by atoms with Crippen LogP contribution in [0.25, 0.3) is 0 Å². The Labute approximate surface area is 110 Å². The molecular weight excluding hydrogens is 232 g/mol. The van der Waals surface area contributed by atoms with Gasteiger partial charge in [-0.15, -0.1) is 0 Å². The van der Waals surface area contributed by atoms with E-state index in [1.807, 2.05) is 39.6 Å². The molecule has 1 amide bonds. The van der Waals surface area contributed by atoms with Crippen molar-refractivity contribution < 1.29 is 14.3 Å². The lowest BCUT2D eigenvalue weighted by Gasteiger charge is -2.21. The predicted octanol–water partition coefficient (Wildman–Crippen LogP) is 1.18. The van der Waals surface area contributed by atoms with E-state index >= 15 is 0 Å². The van der Waals surface area contributed by atoms with Gasteiger partial charge in [-0.1, -0.05) is 6.92 Å². The van der Waals surface area contributed by atoms with E-state index in [9.17, 15) is 9.59 Å². The maximum absolute atomic E-state index is 11.5. The maximum atomic E-state index is 11.5. The van der Waals surface area contributed by atoms with Crippen molar-refractivity contribution in [3.8, 4) is 0 Å². The van der Waals surface area contributed by atoms with E-state index in [1.165, 1.54) is 0 Å². The molecule has 0 unspecified atom stereocenters. The van der Waals surface area contributed by atoms with Crippen LogP contribution in [0.4, 0.5) is 0 Å². The number of carbonyl (C=O) groups excluding carboxylic acids is 2. The molecule has 0 radical (unpaired) electrons. The lowest BCUT2D eigenvalue weighted by Crippen LogP contribution is -2.36. The number of likely N-dealkylation sites (N-methyl/N-ethyl adjacent to an activating group) is 1. The Balaban J connectivity index is 3.79. The summed E-state index contributed by atoms with van der Waals surface area (Å²) in [6.07, 6.45) is 1.22. The number of hydrogen-bond donors (Lipinski definition) is 1. The van der Waals surface area contributed by atoms with Gasteiger partial charge in [0.05, 0.1) is 13.0 Å². The summed E-state index contributed by atoms with van der Waals surface area (Å²) >= 11 is 0. The van der Waals surface area contributed by atoms with Crippen LogP contribution < -0.4 is 5.32 Å². The molecule has 0 bridgehead atoms. The molecule has 0 spiro atoms. The van der Waals surface area contributed by atoms with E-state index in [4.69, 9.17) is 4.74 Å². The number of rotatable bonds is 7. The van der Waals surface area contributed by atoms with Gasteiger partial charge >= 0.3 is 5.97 Å². The molecule has 0 aliphatic carbocycles. The van der Waals surface area contributed by atoms with E-state index in [0.717, 1.165) is 6.42 Å². The van der Waals surface area contributed by atoms with Gasteiger partial charge in [0.1, 0.15) is 5.60 Å². The standard InChI is InChI=1S/C13H26N2O3/c1-6-8-14-11(16)10-15(5)9-7-12(17)18-13(2,3)4/h6-10H2,1-5H3,(H,14,16). The fraction of sp³-hybridized carbons (Fsp3) is 0.846. The van der Waals surface area contributed by atoms with Crippen molar-refractivity contribution >= 4 is 11.9 Å². The van der Waals surface area contributed by atoms with Gasteiger partial charge in [0, 0.05) is 13.1 Å². The third-order valence-corrected chi connectivity index (χ3v) is 2.10. The molecule has 5 heteroatoms. The summed E-state index contributed by atoms with van der Waals surface area (Å²) in [5.41, 5.74) is -0.450. The number of amides is 1. The summed E-state index contributed by atoms with van der Waals surface area (Å²) in [5, 5.41) is 2.79. The largest absolute Gasteiger partial charge is 0.460 e. The Hall–Kier alpha value is -1.10. The number of carbonyl (C=O) groups is 2. The van der Waals surface area contributed by atoms with E-state index < -0.39 is 5.60 Å². The molecule has 1 N–H and O–H groups in total. The minimum Gasteiger partial charge on any atom is -0.460 e. The van der Waals surface area contributed by atoms with Gasteiger partial charge in [0.2, 0.25) is 5.91 Å². The van der Waals surface area contributed by atoms with E-state index in [2.05, 4.69) is 5.32 Å². The Kier molecular flexibility index (Phi) is 7.59. The highest BCUT2D eigenvalue weighted by molar-refractivity contribution is 5.78. The van der Waals surface area contributed by atoms with Crippen LogP contribution in [0.3, 0.4) is 0 Å². The number of esters is 1. The average molecular weight is 258 g/mol. The summed E-state index contributed by atoms with van der Waals surface area (Å²) in [6, 6.07) is 0. The molecule has 0 atom stereocenters. The normalized spacial score (nSPS) is 11.4. The molecule has 0 saturated heterocycles. The number of nitrogens with one attached hydrogen (secondary N) is 1. The van der Waals surface area contributed by atoms with Crippen molar-refractivity contribution in [1.29, 1.82) is 0 Å². The van der Waals surface area contributed by atoms with E-state index in [0.29, 0.717) is 26.1 Å². The molecule has 0 aliphatic rings. The first-order valence-corrected chi connectivity index (χ1v) is 6.41. The van der Waals surface area contributed by atoms with Crippen LogP contribution in [0.2, 0.25) is 0 Å².